The van der Waals surface area contributed by atoms with Crippen molar-refractivity contribution < 1.29 is 18.4 Å². The molecule has 1 N–H and O–H groups in total. The van der Waals surface area contributed by atoms with Crippen LogP contribution in [0.4, 0.5) is 19.3 Å². The van der Waals surface area contributed by atoms with Crippen LogP contribution in [0, 0.1) is 11.6 Å². The van der Waals surface area contributed by atoms with Gasteiger partial charge >= 0.3 is 6.03 Å². The first kappa shape index (κ1) is 19.1. The Balaban J connectivity index is 1.85. The number of hydrogen-bond donors (Lipinski definition) is 1. The Hall–Kier alpha value is -2.22. The topological polar surface area (TPSA) is 55.9 Å². The standard InChI is InChI=1S/C17H24F2N4O2/c1-3-22(4-2)15(24)12-21-8-10-23(11-9-21)17(25)20-16-13(18)6-5-7-14(16)19/h5-7H,3-4,8-12H2,1-2H3,(H,20,25). The van der Waals surface area contributed by atoms with Crippen LogP contribution >= 0.6 is 0 Å². The van der Waals surface area contributed by atoms with Crippen LogP contribution in [0.15, 0.2) is 18.2 Å². The van der Waals surface area contributed by atoms with Gasteiger partial charge in [0.1, 0.15) is 17.3 Å². The second-order valence-electron chi connectivity index (χ2n) is 5.86. The summed E-state index contributed by atoms with van der Waals surface area (Å²) in [7, 11) is 0. The van der Waals surface area contributed by atoms with Crippen LogP contribution in [0.5, 0.6) is 0 Å². The molecule has 0 radical (unpaired) electrons. The Labute approximate surface area is 146 Å². The molecule has 0 saturated carbocycles. The normalized spacial score (nSPS) is 15.1. The van der Waals surface area contributed by atoms with Crippen molar-refractivity contribution in [3.63, 3.8) is 0 Å². The lowest BCUT2D eigenvalue weighted by molar-refractivity contribution is -0.132. The number of hydrogen-bond acceptors (Lipinski definition) is 3. The molecule has 1 aliphatic rings. The molecular weight excluding hydrogens is 330 g/mol. The van der Waals surface area contributed by atoms with E-state index in [-0.39, 0.29) is 5.91 Å². The molecule has 1 aromatic rings. The van der Waals surface area contributed by atoms with Gasteiger partial charge in [-0.15, -0.1) is 0 Å². The van der Waals surface area contributed by atoms with Gasteiger partial charge in [-0.1, -0.05) is 6.07 Å². The van der Waals surface area contributed by atoms with Crippen LogP contribution in [0.25, 0.3) is 0 Å². The van der Waals surface area contributed by atoms with Crippen LogP contribution in [0.2, 0.25) is 0 Å². The molecule has 0 unspecified atom stereocenters. The number of piperazine rings is 1. The number of likely N-dealkylation sites (N-methyl/N-ethyl adjacent to an activating group) is 1. The maximum atomic E-state index is 13.6. The predicted molar refractivity (Wildman–Crippen MR) is 91.3 cm³/mol. The van der Waals surface area contributed by atoms with Gasteiger partial charge in [-0.05, 0) is 26.0 Å². The quantitative estimate of drug-likeness (QED) is 0.880. The van der Waals surface area contributed by atoms with Gasteiger partial charge in [0, 0.05) is 39.3 Å². The van der Waals surface area contributed by atoms with Gasteiger partial charge in [-0.2, -0.15) is 0 Å². The van der Waals surface area contributed by atoms with E-state index in [4.69, 9.17) is 0 Å². The van der Waals surface area contributed by atoms with Gasteiger partial charge < -0.3 is 15.1 Å². The Kier molecular flexibility index (Phi) is 6.69. The SMILES string of the molecule is CCN(CC)C(=O)CN1CCN(C(=O)Nc2c(F)cccc2F)CC1. The van der Waals surface area contributed by atoms with E-state index in [1.807, 2.05) is 18.7 Å². The van der Waals surface area contributed by atoms with Gasteiger partial charge in [-0.3, -0.25) is 9.69 Å². The third-order valence-corrected chi connectivity index (χ3v) is 4.33. The Morgan fingerprint density at radius 1 is 1.08 bits per heavy atom. The third-order valence-electron chi connectivity index (χ3n) is 4.33. The molecule has 1 aliphatic heterocycles. The number of urea groups is 1. The zero-order valence-electron chi connectivity index (χ0n) is 14.6. The van der Waals surface area contributed by atoms with Crippen molar-refractivity contribution in [3.05, 3.63) is 29.8 Å². The van der Waals surface area contributed by atoms with Gasteiger partial charge in [0.25, 0.3) is 0 Å². The number of benzene rings is 1. The molecule has 1 saturated heterocycles. The Morgan fingerprint density at radius 3 is 2.16 bits per heavy atom. The molecule has 0 aromatic heterocycles. The monoisotopic (exact) mass is 354 g/mol. The molecule has 0 aliphatic carbocycles. The summed E-state index contributed by atoms with van der Waals surface area (Å²) in [5, 5.41) is 2.28. The fourth-order valence-electron chi connectivity index (χ4n) is 2.78. The van der Waals surface area contributed by atoms with E-state index in [1.54, 1.807) is 4.90 Å². The molecule has 25 heavy (non-hydrogen) atoms. The number of carbonyl (C=O) groups is 2. The van der Waals surface area contributed by atoms with Crippen LogP contribution in [0.3, 0.4) is 0 Å². The van der Waals surface area contributed by atoms with Crippen molar-refractivity contribution in [3.8, 4) is 0 Å². The third kappa shape index (κ3) is 4.88. The van der Waals surface area contributed by atoms with Crippen molar-refractivity contribution in [1.82, 2.24) is 14.7 Å². The summed E-state index contributed by atoms with van der Waals surface area (Å²) >= 11 is 0. The van der Waals surface area contributed by atoms with E-state index < -0.39 is 23.4 Å². The van der Waals surface area contributed by atoms with E-state index in [9.17, 15) is 18.4 Å². The summed E-state index contributed by atoms with van der Waals surface area (Å²) in [4.78, 5) is 29.5. The van der Waals surface area contributed by atoms with E-state index in [2.05, 4.69) is 5.32 Å². The van der Waals surface area contributed by atoms with Gasteiger partial charge in [0.05, 0.1) is 6.54 Å². The lowest BCUT2D eigenvalue weighted by Crippen LogP contribution is -2.52. The molecule has 0 spiro atoms. The Morgan fingerprint density at radius 2 is 1.64 bits per heavy atom. The number of para-hydroxylation sites is 1. The van der Waals surface area contributed by atoms with Crippen molar-refractivity contribution in [1.29, 1.82) is 0 Å². The summed E-state index contributed by atoms with van der Waals surface area (Å²) in [6.07, 6.45) is 0. The first-order valence-corrected chi connectivity index (χ1v) is 8.46. The fourth-order valence-corrected chi connectivity index (χ4v) is 2.78. The van der Waals surface area contributed by atoms with Crippen molar-refractivity contribution in [2.45, 2.75) is 13.8 Å². The highest BCUT2D eigenvalue weighted by Gasteiger charge is 2.24. The van der Waals surface area contributed by atoms with Crippen LogP contribution in [-0.2, 0) is 4.79 Å². The molecule has 1 heterocycles. The maximum absolute atomic E-state index is 13.6. The second kappa shape index (κ2) is 8.75. The average molecular weight is 354 g/mol. The molecule has 0 bridgehead atoms. The van der Waals surface area contributed by atoms with Gasteiger partial charge in [-0.25, -0.2) is 13.6 Å². The minimum Gasteiger partial charge on any atom is -0.342 e. The molecular formula is C17H24F2N4O2. The minimum atomic E-state index is -0.809. The summed E-state index contributed by atoms with van der Waals surface area (Å²) in [6.45, 7) is 7.41. The van der Waals surface area contributed by atoms with Crippen LogP contribution < -0.4 is 5.32 Å². The number of anilines is 1. The molecule has 138 valence electrons. The lowest BCUT2D eigenvalue weighted by atomic mass is 10.3. The van der Waals surface area contributed by atoms with Crippen molar-refractivity contribution >= 4 is 17.6 Å². The number of nitrogens with one attached hydrogen (secondary N) is 1. The molecule has 3 amide bonds. The first-order chi connectivity index (χ1) is 12.0. The summed E-state index contributed by atoms with van der Waals surface area (Å²) in [5.41, 5.74) is -0.438. The van der Waals surface area contributed by atoms with E-state index in [0.29, 0.717) is 45.8 Å². The molecule has 1 fully saturated rings. The summed E-state index contributed by atoms with van der Waals surface area (Å²) in [6, 6.07) is 2.88. The van der Waals surface area contributed by atoms with Gasteiger partial charge in [0.2, 0.25) is 5.91 Å². The zero-order chi connectivity index (χ0) is 18.4. The molecule has 1 aromatic carbocycles. The molecule has 2 rings (SSSR count). The van der Waals surface area contributed by atoms with Crippen LogP contribution in [0.1, 0.15) is 13.8 Å². The highest BCUT2D eigenvalue weighted by atomic mass is 19.1. The first-order valence-electron chi connectivity index (χ1n) is 8.46. The van der Waals surface area contributed by atoms with E-state index >= 15 is 0 Å². The lowest BCUT2D eigenvalue weighted by Gasteiger charge is -2.35. The number of nitrogens with zero attached hydrogens (tertiary/aromatic N) is 3. The zero-order valence-corrected chi connectivity index (χ0v) is 14.6. The van der Waals surface area contributed by atoms with Gasteiger partial charge in [0.15, 0.2) is 0 Å². The number of amides is 3. The number of carbonyl (C=O) groups excluding carboxylic acids is 2. The minimum absolute atomic E-state index is 0.0660. The average Bonchev–Trinajstić information content (AvgIpc) is 2.60. The fraction of sp³-hybridized carbons (Fsp3) is 0.529. The molecule has 6 nitrogen and oxygen atoms in total. The van der Waals surface area contributed by atoms with E-state index in [1.165, 1.54) is 11.0 Å². The van der Waals surface area contributed by atoms with E-state index in [0.717, 1.165) is 12.1 Å². The van der Waals surface area contributed by atoms with Crippen LogP contribution in [-0.4, -0.2) is 72.5 Å². The maximum Gasteiger partial charge on any atom is 0.322 e. The van der Waals surface area contributed by atoms with Crippen molar-refractivity contribution in [2.24, 2.45) is 0 Å². The number of halogens is 2. The Bertz CT molecular complexity index is 594. The second-order valence-corrected chi connectivity index (χ2v) is 5.86. The summed E-state index contributed by atoms with van der Waals surface area (Å²) < 4.78 is 27.2. The largest absolute Gasteiger partial charge is 0.342 e. The molecule has 8 heteroatoms. The number of rotatable bonds is 5. The molecule has 0 atom stereocenters. The van der Waals surface area contributed by atoms with Crippen molar-refractivity contribution in [2.75, 3.05) is 51.1 Å². The highest BCUT2D eigenvalue weighted by molar-refractivity contribution is 5.89. The smallest absolute Gasteiger partial charge is 0.322 e. The predicted octanol–water partition coefficient (Wildman–Crippen LogP) is 1.98. The summed E-state index contributed by atoms with van der Waals surface area (Å²) in [5.74, 6) is -1.55. The highest BCUT2D eigenvalue weighted by Crippen LogP contribution is 2.18.